The predicted molar refractivity (Wildman–Crippen MR) is 98.5 cm³/mol. The first-order valence-electron chi connectivity index (χ1n) is 7.94. The minimum absolute atomic E-state index is 0.822. The Morgan fingerprint density at radius 1 is 0.870 bits per heavy atom. The summed E-state index contributed by atoms with van der Waals surface area (Å²) >= 11 is 0. The molecule has 0 aliphatic rings. The van der Waals surface area contributed by atoms with Gasteiger partial charge in [-0.1, -0.05) is 61.5 Å². The van der Waals surface area contributed by atoms with Crippen LogP contribution in [0.4, 0.5) is 5.69 Å². The molecule has 4 rings (SSSR count). The smallest absolute Gasteiger partial charge is 0.0726 e. The van der Waals surface area contributed by atoms with Gasteiger partial charge in [-0.25, -0.2) is 0 Å². The van der Waals surface area contributed by atoms with Crippen LogP contribution in [-0.2, 0) is 6.42 Å². The van der Waals surface area contributed by atoms with Gasteiger partial charge in [-0.2, -0.15) is 0 Å². The second-order valence-electron chi connectivity index (χ2n) is 5.78. The van der Waals surface area contributed by atoms with E-state index in [9.17, 15) is 0 Å². The first-order chi connectivity index (χ1) is 11.3. The highest BCUT2D eigenvalue weighted by molar-refractivity contribution is 6.00. The van der Waals surface area contributed by atoms with E-state index in [0.29, 0.717) is 0 Å². The highest BCUT2D eigenvalue weighted by Gasteiger charge is 2.13. The van der Waals surface area contributed by atoms with Crippen LogP contribution in [0.5, 0.6) is 0 Å². The molecule has 0 atom stereocenters. The van der Waals surface area contributed by atoms with Gasteiger partial charge in [0.05, 0.1) is 16.9 Å². The van der Waals surface area contributed by atoms with Gasteiger partial charge in [-0.3, -0.25) is 4.98 Å². The molecule has 2 N–H and O–H groups in total. The van der Waals surface area contributed by atoms with Crippen LogP contribution in [-0.4, -0.2) is 4.98 Å². The molecule has 0 saturated carbocycles. The molecule has 0 aliphatic heterocycles. The third-order valence-electron chi connectivity index (χ3n) is 4.38. The summed E-state index contributed by atoms with van der Waals surface area (Å²) in [4.78, 5) is 4.83. The van der Waals surface area contributed by atoms with Crippen molar-refractivity contribution in [2.45, 2.75) is 13.3 Å². The van der Waals surface area contributed by atoms with Crippen molar-refractivity contribution in [3.63, 3.8) is 0 Å². The van der Waals surface area contributed by atoms with Gasteiger partial charge >= 0.3 is 0 Å². The molecular formula is C21H18N2. The maximum atomic E-state index is 6.53. The Hall–Kier alpha value is -2.87. The number of hydrogen-bond donors (Lipinski definition) is 1. The number of para-hydroxylation sites is 1. The quantitative estimate of drug-likeness (QED) is 0.552. The molecule has 0 unspecified atom stereocenters. The summed E-state index contributed by atoms with van der Waals surface area (Å²) in [6.07, 6.45) is 0.858. The summed E-state index contributed by atoms with van der Waals surface area (Å²) in [5.74, 6) is 0. The Labute approximate surface area is 135 Å². The molecule has 23 heavy (non-hydrogen) atoms. The van der Waals surface area contributed by atoms with E-state index in [1.807, 2.05) is 24.3 Å². The molecule has 2 heteroatoms. The molecule has 0 radical (unpaired) electrons. The molecule has 0 amide bonds. The fourth-order valence-electron chi connectivity index (χ4n) is 3.21. The van der Waals surface area contributed by atoms with Gasteiger partial charge < -0.3 is 5.73 Å². The van der Waals surface area contributed by atoms with E-state index in [0.717, 1.165) is 39.8 Å². The third-order valence-corrected chi connectivity index (χ3v) is 4.38. The number of aryl methyl sites for hydroxylation is 1. The number of aromatic nitrogens is 1. The van der Waals surface area contributed by atoms with E-state index >= 15 is 0 Å². The van der Waals surface area contributed by atoms with Gasteiger partial charge in [0, 0.05) is 10.9 Å². The summed E-state index contributed by atoms with van der Waals surface area (Å²) in [6.45, 7) is 2.13. The van der Waals surface area contributed by atoms with Crippen molar-refractivity contribution in [2.75, 3.05) is 5.73 Å². The summed E-state index contributed by atoms with van der Waals surface area (Å²) in [7, 11) is 0. The predicted octanol–water partition coefficient (Wildman–Crippen LogP) is 5.20. The van der Waals surface area contributed by atoms with Crippen molar-refractivity contribution in [1.82, 2.24) is 4.98 Å². The zero-order valence-electron chi connectivity index (χ0n) is 13.1. The van der Waals surface area contributed by atoms with E-state index in [1.54, 1.807) is 0 Å². The molecule has 0 saturated heterocycles. The number of benzene rings is 3. The SMILES string of the molecule is CCc1nc2ccccc2c(N)c1-c1ccc2ccccc2c1. The second kappa shape index (κ2) is 5.40. The molecule has 112 valence electrons. The highest BCUT2D eigenvalue weighted by Crippen LogP contribution is 2.35. The van der Waals surface area contributed by atoms with E-state index in [1.165, 1.54) is 10.8 Å². The first-order valence-corrected chi connectivity index (χ1v) is 7.94. The highest BCUT2D eigenvalue weighted by atomic mass is 14.7. The number of nitrogens with two attached hydrogens (primary N) is 1. The molecule has 0 fully saturated rings. The number of pyridine rings is 1. The Morgan fingerprint density at radius 2 is 1.61 bits per heavy atom. The number of hydrogen-bond acceptors (Lipinski definition) is 2. The molecule has 1 heterocycles. The Balaban J connectivity index is 2.04. The van der Waals surface area contributed by atoms with Crippen LogP contribution < -0.4 is 5.73 Å². The van der Waals surface area contributed by atoms with Crippen LogP contribution in [0, 0.1) is 0 Å². The van der Waals surface area contributed by atoms with Gasteiger partial charge in [0.15, 0.2) is 0 Å². The number of fused-ring (bicyclic) bond motifs is 2. The maximum Gasteiger partial charge on any atom is 0.0726 e. The van der Waals surface area contributed by atoms with Crippen molar-refractivity contribution >= 4 is 27.4 Å². The summed E-state index contributed by atoms with van der Waals surface area (Å²) in [5, 5.41) is 3.48. The van der Waals surface area contributed by atoms with Crippen molar-refractivity contribution in [3.05, 3.63) is 72.4 Å². The Bertz CT molecular complexity index is 1020. The summed E-state index contributed by atoms with van der Waals surface area (Å²) in [6, 6.07) is 23.0. The fourth-order valence-corrected chi connectivity index (χ4v) is 3.21. The normalized spacial score (nSPS) is 11.2. The van der Waals surface area contributed by atoms with Gasteiger partial charge in [0.1, 0.15) is 0 Å². The first kappa shape index (κ1) is 13.8. The largest absolute Gasteiger partial charge is 0.398 e. The van der Waals surface area contributed by atoms with Crippen LogP contribution in [0.2, 0.25) is 0 Å². The van der Waals surface area contributed by atoms with Crippen molar-refractivity contribution in [2.24, 2.45) is 0 Å². The molecular weight excluding hydrogens is 280 g/mol. The molecule has 0 aliphatic carbocycles. The van der Waals surface area contributed by atoms with E-state index in [2.05, 4.69) is 49.4 Å². The average molecular weight is 298 g/mol. The van der Waals surface area contributed by atoms with Crippen molar-refractivity contribution < 1.29 is 0 Å². The van der Waals surface area contributed by atoms with Crippen molar-refractivity contribution in [3.8, 4) is 11.1 Å². The molecule has 0 spiro atoms. The minimum atomic E-state index is 0.822. The standard InChI is InChI=1S/C21H18N2/c1-2-18-20(21(22)17-9-5-6-10-19(17)23-18)16-12-11-14-7-3-4-8-15(14)13-16/h3-13H,2H2,1H3,(H2,22,23). The van der Waals surface area contributed by atoms with E-state index in [-0.39, 0.29) is 0 Å². The lowest BCUT2D eigenvalue weighted by molar-refractivity contribution is 1.06. The molecule has 2 nitrogen and oxygen atoms in total. The molecule has 1 aromatic heterocycles. The molecule has 0 bridgehead atoms. The number of rotatable bonds is 2. The van der Waals surface area contributed by atoms with Crippen LogP contribution in [0.25, 0.3) is 32.8 Å². The Kier molecular flexibility index (Phi) is 3.23. The van der Waals surface area contributed by atoms with Gasteiger partial charge in [0.2, 0.25) is 0 Å². The van der Waals surface area contributed by atoms with Gasteiger partial charge in [0.25, 0.3) is 0 Å². The lowest BCUT2D eigenvalue weighted by atomic mass is 9.96. The van der Waals surface area contributed by atoms with Crippen LogP contribution >= 0.6 is 0 Å². The lowest BCUT2D eigenvalue weighted by Crippen LogP contribution is -2.00. The lowest BCUT2D eigenvalue weighted by Gasteiger charge is -2.14. The fraction of sp³-hybridized carbons (Fsp3) is 0.0952. The monoisotopic (exact) mass is 298 g/mol. The number of nitrogens with zero attached hydrogens (tertiary/aromatic N) is 1. The molecule has 4 aromatic rings. The topological polar surface area (TPSA) is 38.9 Å². The van der Waals surface area contributed by atoms with E-state index < -0.39 is 0 Å². The second-order valence-corrected chi connectivity index (χ2v) is 5.78. The van der Waals surface area contributed by atoms with Crippen LogP contribution in [0.15, 0.2) is 66.7 Å². The van der Waals surface area contributed by atoms with Gasteiger partial charge in [-0.05, 0) is 34.9 Å². The van der Waals surface area contributed by atoms with Crippen LogP contribution in [0.1, 0.15) is 12.6 Å². The zero-order valence-corrected chi connectivity index (χ0v) is 13.1. The average Bonchev–Trinajstić information content (AvgIpc) is 2.61. The third kappa shape index (κ3) is 2.23. The van der Waals surface area contributed by atoms with Crippen molar-refractivity contribution in [1.29, 1.82) is 0 Å². The minimum Gasteiger partial charge on any atom is -0.398 e. The summed E-state index contributed by atoms with van der Waals surface area (Å²) in [5.41, 5.74) is 11.6. The zero-order chi connectivity index (χ0) is 15.8. The maximum absolute atomic E-state index is 6.53. The summed E-state index contributed by atoms with van der Waals surface area (Å²) < 4.78 is 0. The Morgan fingerprint density at radius 3 is 2.43 bits per heavy atom. The van der Waals surface area contributed by atoms with Crippen LogP contribution in [0.3, 0.4) is 0 Å². The number of anilines is 1. The van der Waals surface area contributed by atoms with Gasteiger partial charge in [-0.15, -0.1) is 0 Å². The number of nitrogen functional groups attached to an aromatic ring is 1. The van der Waals surface area contributed by atoms with E-state index in [4.69, 9.17) is 10.7 Å². The molecule has 3 aromatic carbocycles.